The van der Waals surface area contributed by atoms with Crippen LogP contribution >= 0.6 is 0 Å². The fraction of sp³-hybridized carbons (Fsp3) is 0.800. The molecule has 0 radical (unpaired) electrons. The molecule has 0 N–H and O–H groups in total. The first-order valence-corrected chi connectivity index (χ1v) is 5.11. The molecule has 0 saturated carbocycles. The largest absolute Gasteiger partial charge is 0.393 e. The van der Waals surface area contributed by atoms with Crippen molar-refractivity contribution in [3.63, 3.8) is 0 Å². The van der Waals surface area contributed by atoms with E-state index in [4.69, 9.17) is 0 Å². The minimum atomic E-state index is -0.321. The summed E-state index contributed by atoms with van der Waals surface area (Å²) in [6, 6.07) is 0.174. The number of cyclic esters (lactones) is 2. The molecule has 4 nitrogen and oxygen atoms in total. The molecular formula is C10H15NO3. The van der Waals surface area contributed by atoms with Gasteiger partial charge in [-0.05, 0) is 26.4 Å². The molecular weight excluding hydrogens is 182 g/mol. The maximum atomic E-state index is 11.5. The Kier molecular flexibility index (Phi) is 2.31. The molecule has 14 heavy (non-hydrogen) atoms. The standard InChI is InChI=1S/C10H15NO3/c1-3-7-8-6(4-5-11(7)2)9(12)14-10(8)13/h6-8H,3-5H2,1-2H3. The average Bonchev–Trinajstić information content (AvgIpc) is 2.43. The van der Waals surface area contributed by atoms with Crippen molar-refractivity contribution in [2.45, 2.75) is 25.8 Å². The molecule has 2 aliphatic rings. The van der Waals surface area contributed by atoms with Crippen LogP contribution in [0.1, 0.15) is 19.8 Å². The van der Waals surface area contributed by atoms with Gasteiger partial charge in [0, 0.05) is 6.04 Å². The lowest BCUT2D eigenvalue weighted by molar-refractivity contribution is -0.154. The maximum Gasteiger partial charge on any atom is 0.319 e. The summed E-state index contributed by atoms with van der Waals surface area (Å²) in [4.78, 5) is 24.9. The van der Waals surface area contributed by atoms with E-state index in [1.54, 1.807) is 0 Å². The molecule has 2 rings (SSSR count). The molecule has 2 heterocycles. The summed E-state index contributed by atoms with van der Waals surface area (Å²) in [7, 11) is 2.00. The van der Waals surface area contributed by atoms with Gasteiger partial charge in [0.25, 0.3) is 0 Å². The zero-order valence-corrected chi connectivity index (χ0v) is 8.53. The molecule has 2 fully saturated rings. The zero-order chi connectivity index (χ0) is 10.3. The number of likely N-dealkylation sites (tertiary alicyclic amines) is 1. The summed E-state index contributed by atoms with van der Waals surface area (Å²) >= 11 is 0. The van der Waals surface area contributed by atoms with Gasteiger partial charge in [0.1, 0.15) is 0 Å². The molecule has 2 aliphatic heterocycles. The van der Waals surface area contributed by atoms with Crippen LogP contribution in [0.3, 0.4) is 0 Å². The normalized spacial score (nSPS) is 38.3. The lowest BCUT2D eigenvalue weighted by atomic mass is 9.80. The Balaban J connectivity index is 2.25. The minimum absolute atomic E-state index is 0.174. The Morgan fingerprint density at radius 2 is 2.14 bits per heavy atom. The first-order chi connectivity index (χ1) is 6.65. The third-order valence-electron chi connectivity index (χ3n) is 3.40. The van der Waals surface area contributed by atoms with E-state index in [9.17, 15) is 9.59 Å². The van der Waals surface area contributed by atoms with Crippen LogP contribution in [0.4, 0.5) is 0 Å². The second-order valence-corrected chi connectivity index (χ2v) is 4.12. The second kappa shape index (κ2) is 3.35. The molecule has 0 aromatic rings. The Bertz CT molecular complexity index is 277. The molecule has 78 valence electrons. The fourth-order valence-electron chi connectivity index (χ4n) is 2.62. The van der Waals surface area contributed by atoms with Gasteiger partial charge in [0.05, 0.1) is 11.8 Å². The van der Waals surface area contributed by atoms with Crippen molar-refractivity contribution in [2.75, 3.05) is 13.6 Å². The summed E-state index contributed by atoms with van der Waals surface area (Å²) in [5.74, 6) is -1.03. The SMILES string of the molecule is CCC1C2C(=O)OC(=O)C2CCN1C. The first-order valence-electron chi connectivity index (χ1n) is 5.11. The van der Waals surface area contributed by atoms with Crippen molar-refractivity contribution >= 4 is 11.9 Å². The van der Waals surface area contributed by atoms with E-state index in [1.807, 2.05) is 14.0 Å². The van der Waals surface area contributed by atoms with Gasteiger partial charge in [-0.3, -0.25) is 9.59 Å². The van der Waals surface area contributed by atoms with Gasteiger partial charge >= 0.3 is 11.9 Å². The van der Waals surface area contributed by atoms with Crippen molar-refractivity contribution in [1.29, 1.82) is 0 Å². The van der Waals surface area contributed by atoms with E-state index in [-0.39, 0.29) is 29.8 Å². The molecule has 0 aliphatic carbocycles. The highest BCUT2D eigenvalue weighted by Gasteiger charge is 2.51. The van der Waals surface area contributed by atoms with E-state index in [0.29, 0.717) is 0 Å². The number of fused-ring (bicyclic) bond motifs is 1. The van der Waals surface area contributed by atoms with E-state index >= 15 is 0 Å². The van der Waals surface area contributed by atoms with Gasteiger partial charge in [-0.2, -0.15) is 0 Å². The van der Waals surface area contributed by atoms with Crippen LogP contribution in [0, 0.1) is 11.8 Å². The van der Waals surface area contributed by atoms with E-state index in [2.05, 4.69) is 9.64 Å². The van der Waals surface area contributed by atoms with Crippen LogP contribution in [-0.4, -0.2) is 36.5 Å². The van der Waals surface area contributed by atoms with Gasteiger partial charge in [-0.25, -0.2) is 0 Å². The Hall–Kier alpha value is -0.900. The number of hydrogen-bond donors (Lipinski definition) is 0. The molecule has 0 aromatic heterocycles. The highest BCUT2D eigenvalue weighted by molar-refractivity contribution is 5.97. The van der Waals surface area contributed by atoms with E-state index in [0.717, 1.165) is 19.4 Å². The smallest absolute Gasteiger partial charge is 0.319 e. The number of ether oxygens (including phenoxy) is 1. The summed E-state index contributed by atoms with van der Waals surface area (Å²) in [6.45, 7) is 2.92. The van der Waals surface area contributed by atoms with Gasteiger partial charge in [-0.1, -0.05) is 6.92 Å². The first kappa shape index (κ1) is 9.65. The molecule has 0 aromatic carbocycles. The van der Waals surface area contributed by atoms with Crippen LogP contribution in [0.5, 0.6) is 0 Å². The van der Waals surface area contributed by atoms with Crippen molar-refractivity contribution in [3.05, 3.63) is 0 Å². The summed E-state index contributed by atoms with van der Waals surface area (Å²) < 4.78 is 4.68. The van der Waals surface area contributed by atoms with E-state index in [1.165, 1.54) is 0 Å². The lowest BCUT2D eigenvalue weighted by Gasteiger charge is -2.37. The number of hydrogen-bond acceptors (Lipinski definition) is 4. The number of carbonyl (C=O) groups is 2. The maximum absolute atomic E-state index is 11.5. The third kappa shape index (κ3) is 1.25. The summed E-state index contributed by atoms with van der Waals surface area (Å²) in [6.07, 6.45) is 1.64. The fourth-order valence-corrected chi connectivity index (χ4v) is 2.62. The van der Waals surface area contributed by atoms with Gasteiger partial charge in [0.15, 0.2) is 0 Å². The third-order valence-corrected chi connectivity index (χ3v) is 3.40. The summed E-state index contributed by atoms with van der Waals surface area (Å²) in [5, 5.41) is 0. The average molecular weight is 197 g/mol. The van der Waals surface area contributed by atoms with Crippen LogP contribution < -0.4 is 0 Å². The van der Waals surface area contributed by atoms with Crippen LogP contribution in [0.15, 0.2) is 0 Å². The van der Waals surface area contributed by atoms with Crippen LogP contribution in [0.25, 0.3) is 0 Å². The highest BCUT2D eigenvalue weighted by Crippen LogP contribution is 2.36. The van der Waals surface area contributed by atoms with Gasteiger partial charge in [0.2, 0.25) is 0 Å². The Morgan fingerprint density at radius 1 is 1.43 bits per heavy atom. The second-order valence-electron chi connectivity index (χ2n) is 4.12. The topological polar surface area (TPSA) is 46.6 Å². The quantitative estimate of drug-likeness (QED) is 0.451. The molecule has 0 bridgehead atoms. The van der Waals surface area contributed by atoms with Gasteiger partial charge in [-0.15, -0.1) is 0 Å². The molecule has 4 heteroatoms. The molecule has 2 saturated heterocycles. The van der Waals surface area contributed by atoms with Crippen molar-refractivity contribution < 1.29 is 14.3 Å². The van der Waals surface area contributed by atoms with Crippen molar-refractivity contribution in [1.82, 2.24) is 4.90 Å². The lowest BCUT2D eigenvalue weighted by Crippen LogP contribution is -2.48. The molecule has 0 amide bonds. The monoisotopic (exact) mass is 197 g/mol. The predicted molar refractivity (Wildman–Crippen MR) is 49.4 cm³/mol. The highest BCUT2D eigenvalue weighted by atomic mass is 16.6. The van der Waals surface area contributed by atoms with Crippen LogP contribution in [-0.2, 0) is 14.3 Å². The van der Waals surface area contributed by atoms with Gasteiger partial charge < -0.3 is 9.64 Å². The predicted octanol–water partition coefficient (Wildman–Crippen LogP) is 0.416. The summed E-state index contributed by atoms with van der Waals surface area (Å²) in [5.41, 5.74) is 0. The Labute approximate surface area is 83.2 Å². The number of piperidine rings is 1. The number of rotatable bonds is 1. The molecule has 0 spiro atoms. The molecule has 3 unspecified atom stereocenters. The number of esters is 2. The van der Waals surface area contributed by atoms with Crippen molar-refractivity contribution in [2.24, 2.45) is 11.8 Å². The van der Waals surface area contributed by atoms with E-state index < -0.39 is 0 Å². The number of carbonyl (C=O) groups excluding carboxylic acids is 2. The minimum Gasteiger partial charge on any atom is -0.393 e. The van der Waals surface area contributed by atoms with Crippen LogP contribution in [0.2, 0.25) is 0 Å². The number of nitrogens with zero attached hydrogens (tertiary/aromatic N) is 1. The molecule has 3 atom stereocenters. The zero-order valence-electron chi connectivity index (χ0n) is 8.53. The van der Waals surface area contributed by atoms with Crippen molar-refractivity contribution in [3.8, 4) is 0 Å². The Morgan fingerprint density at radius 3 is 2.79 bits per heavy atom.